The summed E-state index contributed by atoms with van der Waals surface area (Å²) in [5.41, 5.74) is 1.95. The predicted molar refractivity (Wildman–Crippen MR) is 129 cm³/mol. The van der Waals surface area contributed by atoms with Crippen molar-refractivity contribution < 1.29 is 22.4 Å². The molecule has 2 aliphatic rings. The molecule has 8 heteroatoms. The molecule has 0 spiro atoms. The first kappa shape index (κ1) is 22.7. The summed E-state index contributed by atoms with van der Waals surface area (Å²) in [4.78, 5) is 28.8. The van der Waals surface area contributed by atoms with Gasteiger partial charge in [0, 0.05) is 6.04 Å². The van der Waals surface area contributed by atoms with E-state index in [9.17, 15) is 18.0 Å². The summed E-state index contributed by atoms with van der Waals surface area (Å²) in [6.45, 7) is 4.54. The van der Waals surface area contributed by atoms with E-state index in [1.807, 2.05) is 37.3 Å². The van der Waals surface area contributed by atoms with Crippen LogP contribution >= 0.6 is 0 Å². The van der Waals surface area contributed by atoms with Gasteiger partial charge in [-0.15, -0.1) is 0 Å². The number of amides is 1. The van der Waals surface area contributed by atoms with Crippen LogP contribution in [0.1, 0.15) is 59.5 Å². The molecule has 3 heterocycles. The van der Waals surface area contributed by atoms with Gasteiger partial charge in [-0.05, 0) is 49.6 Å². The molecule has 7 nitrogen and oxygen atoms in total. The van der Waals surface area contributed by atoms with Crippen LogP contribution in [0.15, 0.2) is 51.7 Å². The van der Waals surface area contributed by atoms with E-state index in [4.69, 9.17) is 9.15 Å². The van der Waals surface area contributed by atoms with E-state index in [1.54, 1.807) is 12.1 Å². The van der Waals surface area contributed by atoms with Crippen molar-refractivity contribution in [2.45, 2.75) is 45.2 Å². The lowest BCUT2D eigenvalue weighted by Crippen LogP contribution is -2.40. The van der Waals surface area contributed by atoms with Gasteiger partial charge in [0.2, 0.25) is 5.76 Å². The summed E-state index contributed by atoms with van der Waals surface area (Å²) in [5.74, 6) is 0.0921. The molecule has 2 aromatic carbocycles. The minimum absolute atomic E-state index is 0.00652. The van der Waals surface area contributed by atoms with Gasteiger partial charge in [-0.3, -0.25) is 9.59 Å². The Morgan fingerprint density at radius 1 is 1.15 bits per heavy atom. The number of carbonyl (C=O) groups is 1. The van der Waals surface area contributed by atoms with Crippen LogP contribution in [0.25, 0.3) is 11.0 Å². The maximum Gasteiger partial charge on any atom is 0.291 e. The van der Waals surface area contributed by atoms with Crippen molar-refractivity contribution in [3.63, 3.8) is 0 Å². The first-order valence-corrected chi connectivity index (χ1v) is 13.4. The number of hydrogen-bond donors (Lipinski definition) is 0. The molecule has 3 aromatic rings. The molecule has 0 N–H and O–H groups in total. The van der Waals surface area contributed by atoms with Crippen LogP contribution in [-0.2, 0) is 9.84 Å². The number of aryl methyl sites for hydroxylation is 1. The van der Waals surface area contributed by atoms with Crippen molar-refractivity contribution in [2.24, 2.45) is 0 Å². The molecule has 0 saturated carbocycles. The Morgan fingerprint density at radius 3 is 2.71 bits per heavy atom. The van der Waals surface area contributed by atoms with E-state index in [0.717, 1.165) is 18.4 Å². The van der Waals surface area contributed by atoms with E-state index in [0.29, 0.717) is 35.3 Å². The van der Waals surface area contributed by atoms with Crippen molar-refractivity contribution in [3.8, 4) is 5.75 Å². The van der Waals surface area contributed by atoms with Crippen LogP contribution in [0.2, 0.25) is 0 Å². The molecule has 1 saturated heterocycles. The van der Waals surface area contributed by atoms with Crippen LogP contribution in [0, 0.1) is 6.92 Å². The summed E-state index contributed by atoms with van der Waals surface area (Å²) in [6, 6.07) is 11.4. The Kier molecular flexibility index (Phi) is 5.72. The van der Waals surface area contributed by atoms with Crippen LogP contribution in [0.4, 0.5) is 0 Å². The quantitative estimate of drug-likeness (QED) is 0.494. The number of benzene rings is 2. The summed E-state index contributed by atoms with van der Waals surface area (Å²) < 4.78 is 36.4. The number of unbranched alkanes of at least 4 members (excludes halogenated alkanes) is 1. The lowest BCUT2D eigenvalue weighted by molar-refractivity contribution is 0.0662. The fourth-order valence-corrected chi connectivity index (χ4v) is 6.62. The second-order valence-electron chi connectivity index (χ2n) is 9.12. The lowest BCUT2D eigenvalue weighted by atomic mass is 9.97. The molecule has 2 atom stereocenters. The minimum atomic E-state index is -3.25. The summed E-state index contributed by atoms with van der Waals surface area (Å²) in [7, 11) is -3.25. The van der Waals surface area contributed by atoms with Gasteiger partial charge in [-0.25, -0.2) is 8.42 Å². The SMILES string of the molecule is CCCCOc1cccc(C2c3c(oc4ccc(C)cc4c3=O)C(=O)N2C2CCS(=O)(=O)C2)c1. The highest BCUT2D eigenvalue weighted by Crippen LogP contribution is 2.42. The van der Waals surface area contributed by atoms with Gasteiger partial charge in [-0.1, -0.05) is 37.1 Å². The van der Waals surface area contributed by atoms with E-state index < -0.39 is 27.8 Å². The molecular formula is C26H27NO6S. The Hall–Kier alpha value is -3.13. The molecule has 2 aliphatic heterocycles. The van der Waals surface area contributed by atoms with E-state index in [-0.39, 0.29) is 28.3 Å². The highest BCUT2D eigenvalue weighted by molar-refractivity contribution is 7.91. The van der Waals surface area contributed by atoms with E-state index in [2.05, 4.69) is 6.92 Å². The molecule has 178 valence electrons. The first-order valence-electron chi connectivity index (χ1n) is 11.6. The first-order chi connectivity index (χ1) is 16.3. The standard InChI is InChI=1S/C26H27NO6S/c1-3-4-11-32-19-7-5-6-17(14-19)23-22-24(28)20-13-16(2)8-9-21(20)33-25(22)26(29)27(23)18-10-12-34(30,31)15-18/h5-9,13-14,18,23H,3-4,10-12,15H2,1-2H3. The highest BCUT2D eigenvalue weighted by Gasteiger charge is 2.48. The zero-order valence-electron chi connectivity index (χ0n) is 19.2. The van der Waals surface area contributed by atoms with Crippen molar-refractivity contribution in [3.05, 3.63) is 75.1 Å². The lowest BCUT2D eigenvalue weighted by Gasteiger charge is -2.30. The average molecular weight is 482 g/mol. The zero-order chi connectivity index (χ0) is 24.0. The molecule has 5 rings (SSSR count). The fraction of sp³-hybridized carbons (Fsp3) is 0.385. The van der Waals surface area contributed by atoms with Crippen LogP contribution in [0.5, 0.6) is 5.75 Å². The highest BCUT2D eigenvalue weighted by atomic mass is 32.2. The Labute approximate surface area is 198 Å². The van der Waals surface area contributed by atoms with Gasteiger partial charge < -0.3 is 14.1 Å². The van der Waals surface area contributed by atoms with E-state index >= 15 is 0 Å². The van der Waals surface area contributed by atoms with Crippen LogP contribution in [0.3, 0.4) is 0 Å². The number of sulfone groups is 1. The van der Waals surface area contributed by atoms with Crippen molar-refractivity contribution >= 4 is 26.7 Å². The second-order valence-corrected chi connectivity index (χ2v) is 11.3. The molecule has 1 aromatic heterocycles. The topological polar surface area (TPSA) is 93.9 Å². The Balaban J connectivity index is 1.68. The number of carbonyl (C=O) groups excluding carboxylic acids is 1. The Bertz CT molecular complexity index is 1440. The van der Waals surface area contributed by atoms with E-state index in [1.165, 1.54) is 4.90 Å². The number of hydrogen-bond acceptors (Lipinski definition) is 6. The molecule has 34 heavy (non-hydrogen) atoms. The van der Waals surface area contributed by atoms with Gasteiger partial charge >= 0.3 is 0 Å². The van der Waals surface area contributed by atoms with Gasteiger partial charge in [0.05, 0.1) is 35.1 Å². The van der Waals surface area contributed by atoms with Gasteiger partial charge in [0.15, 0.2) is 15.3 Å². The Morgan fingerprint density at radius 2 is 1.97 bits per heavy atom. The zero-order valence-corrected chi connectivity index (χ0v) is 20.1. The third-order valence-corrected chi connectivity index (χ3v) is 8.35. The molecule has 2 unspecified atom stereocenters. The maximum atomic E-state index is 13.7. The normalized spacial score (nSPS) is 21.2. The number of fused-ring (bicyclic) bond motifs is 2. The minimum Gasteiger partial charge on any atom is -0.494 e. The summed E-state index contributed by atoms with van der Waals surface area (Å²) in [5, 5.41) is 0.410. The van der Waals surface area contributed by atoms with Crippen LogP contribution in [-0.4, -0.2) is 43.4 Å². The van der Waals surface area contributed by atoms with Crippen molar-refractivity contribution in [1.29, 1.82) is 0 Å². The van der Waals surface area contributed by atoms with Crippen molar-refractivity contribution in [2.75, 3.05) is 18.1 Å². The predicted octanol–water partition coefficient (Wildman–Crippen LogP) is 4.01. The maximum absolute atomic E-state index is 13.7. The fourth-order valence-electron chi connectivity index (χ4n) is 4.91. The molecule has 0 radical (unpaired) electrons. The molecule has 0 aliphatic carbocycles. The summed E-state index contributed by atoms with van der Waals surface area (Å²) in [6.07, 6.45) is 2.25. The van der Waals surface area contributed by atoms with Crippen LogP contribution < -0.4 is 10.2 Å². The van der Waals surface area contributed by atoms with Gasteiger partial charge in [0.1, 0.15) is 11.3 Å². The third kappa shape index (κ3) is 3.90. The average Bonchev–Trinajstić information content (AvgIpc) is 3.31. The molecule has 1 fully saturated rings. The molecule has 0 bridgehead atoms. The largest absolute Gasteiger partial charge is 0.494 e. The number of ether oxygens (including phenoxy) is 1. The second kappa shape index (κ2) is 8.58. The molecule has 1 amide bonds. The summed E-state index contributed by atoms with van der Waals surface area (Å²) >= 11 is 0. The van der Waals surface area contributed by atoms with Crippen molar-refractivity contribution in [1.82, 2.24) is 4.90 Å². The monoisotopic (exact) mass is 481 g/mol. The third-order valence-electron chi connectivity index (χ3n) is 6.60. The number of rotatable bonds is 6. The van der Waals surface area contributed by atoms with Gasteiger partial charge in [-0.2, -0.15) is 0 Å². The van der Waals surface area contributed by atoms with Gasteiger partial charge in [0.25, 0.3) is 5.91 Å². The smallest absolute Gasteiger partial charge is 0.291 e. The number of nitrogens with zero attached hydrogens (tertiary/aromatic N) is 1. The molecular weight excluding hydrogens is 454 g/mol.